The van der Waals surface area contributed by atoms with Crippen LogP contribution in [0.1, 0.15) is 24.0 Å². The van der Waals surface area contributed by atoms with Crippen LogP contribution in [0.25, 0.3) is 0 Å². The Kier molecular flexibility index (Phi) is 12.0. The number of hydrogen-bond donors (Lipinski definition) is 0. The van der Waals surface area contributed by atoms with Gasteiger partial charge in [-0.25, -0.2) is 13.2 Å². The van der Waals surface area contributed by atoms with Crippen LogP contribution in [0, 0.1) is 0 Å². The zero-order valence-corrected chi connectivity index (χ0v) is 30.3. The second-order valence-corrected chi connectivity index (χ2v) is 13.7. The molecule has 3 aliphatic heterocycles. The number of benzene rings is 3. The van der Waals surface area contributed by atoms with Gasteiger partial charge in [0.2, 0.25) is 5.60 Å². The summed E-state index contributed by atoms with van der Waals surface area (Å²) in [5, 5.41) is 0. The van der Waals surface area contributed by atoms with Crippen molar-refractivity contribution >= 4 is 52.5 Å². The highest BCUT2D eigenvalue weighted by atomic mass is 35.5. The number of rotatable bonds is 8. The van der Waals surface area contributed by atoms with Gasteiger partial charge in [0.1, 0.15) is 22.1 Å². The second-order valence-electron chi connectivity index (χ2n) is 11.9. The number of piperidine rings is 1. The number of amides is 2. The number of halogens is 2. The molecule has 2 saturated heterocycles. The van der Waals surface area contributed by atoms with Crippen molar-refractivity contribution in [1.82, 2.24) is 14.7 Å². The molecule has 0 aromatic heterocycles. The van der Waals surface area contributed by atoms with Crippen LogP contribution >= 0.6 is 24.8 Å². The van der Waals surface area contributed by atoms with Gasteiger partial charge in [-0.1, -0.05) is 36.4 Å². The Morgan fingerprint density at radius 3 is 2.02 bits per heavy atom. The van der Waals surface area contributed by atoms with E-state index in [9.17, 15) is 18.0 Å². The molecular weight excluding hydrogens is 695 g/mol. The summed E-state index contributed by atoms with van der Waals surface area (Å²) in [4.78, 5) is 35.1. The van der Waals surface area contributed by atoms with Gasteiger partial charge in [0.15, 0.2) is 0 Å². The van der Waals surface area contributed by atoms with Crippen molar-refractivity contribution in [3.05, 3.63) is 77.9 Å². The number of carbonyl (C=O) groups excluding carboxylic acids is 2. The summed E-state index contributed by atoms with van der Waals surface area (Å²) >= 11 is 0. The summed E-state index contributed by atoms with van der Waals surface area (Å²) in [6.45, 7) is 4.25. The van der Waals surface area contributed by atoms with Gasteiger partial charge in [-0.3, -0.25) is 9.69 Å². The molecular formula is C34H42Cl2N4O8S. The van der Waals surface area contributed by atoms with Crippen molar-refractivity contribution in [2.24, 2.45) is 0 Å². The monoisotopic (exact) mass is 736 g/mol. The zero-order valence-electron chi connectivity index (χ0n) is 27.9. The van der Waals surface area contributed by atoms with Crippen LogP contribution in [-0.2, 0) is 25.2 Å². The Hall–Kier alpha value is -3.75. The number of likely N-dealkylation sites (tertiary alicyclic amines) is 1. The largest absolute Gasteiger partial charge is 0.497 e. The van der Waals surface area contributed by atoms with Crippen LogP contribution in [0.4, 0.5) is 10.5 Å². The Bertz CT molecular complexity index is 1760. The van der Waals surface area contributed by atoms with E-state index in [2.05, 4.69) is 16.8 Å². The van der Waals surface area contributed by atoms with Gasteiger partial charge in [-0.15, -0.1) is 24.8 Å². The normalized spacial score (nSPS) is 20.1. The lowest BCUT2D eigenvalue weighted by Gasteiger charge is -2.42. The molecule has 3 heterocycles. The SMILES string of the molecule is COc1ccc(S(=O)(=O)N2C(=O)C(OC(=O)N3CCN(C4CCN(C)CC4)CC3)(c3ccccc3OC)c3ccccc32)c(OC)c1.Cl.Cl. The van der Waals surface area contributed by atoms with E-state index >= 15 is 0 Å². The van der Waals surface area contributed by atoms with E-state index in [0.29, 0.717) is 42.3 Å². The number of hydrogen-bond acceptors (Lipinski definition) is 10. The number of nitrogens with zero attached hydrogens (tertiary/aromatic N) is 4. The summed E-state index contributed by atoms with van der Waals surface area (Å²) in [6.07, 6.45) is 1.43. The number of carbonyl (C=O) groups is 2. The fourth-order valence-corrected chi connectivity index (χ4v) is 8.41. The van der Waals surface area contributed by atoms with E-state index in [1.165, 1.54) is 45.6 Å². The van der Waals surface area contributed by atoms with Crippen molar-refractivity contribution in [2.75, 3.05) is 72.0 Å². The number of piperazine rings is 1. The van der Waals surface area contributed by atoms with Gasteiger partial charge in [0.05, 0.1) is 32.6 Å². The van der Waals surface area contributed by atoms with E-state index in [1.54, 1.807) is 47.4 Å². The molecule has 2 amide bonds. The van der Waals surface area contributed by atoms with E-state index in [-0.39, 0.29) is 58.0 Å². The van der Waals surface area contributed by atoms with Crippen molar-refractivity contribution in [2.45, 2.75) is 29.4 Å². The highest BCUT2D eigenvalue weighted by Crippen LogP contribution is 2.52. The number of fused-ring (bicyclic) bond motifs is 1. The maximum Gasteiger partial charge on any atom is 0.411 e. The topological polar surface area (TPSA) is 118 Å². The summed E-state index contributed by atoms with van der Waals surface area (Å²) < 4.78 is 52.3. The first-order valence-corrected chi connectivity index (χ1v) is 17.0. The van der Waals surface area contributed by atoms with Crippen molar-refractivity contribution in [3.8, 4) is 17.2 Å². The first kappa shape index (κ1) is 38.1. The number of para-hydroxylation sites is 2. The van der Waals surface area contributed by atoms with Crippen molar-refractivity contribution in [3.63, 3.8) is 0 Å². The zero-order chi connectivity index (χ0) is 33.3. The Labute approximate surface area is 299 Å². The quantitative estimate of drug-likeness (QED) is 0.330. The smallest absolute Gasteiger partial charge is 0.411 e. The van der Waals surface area contributed by atoms with E-state index in [0.717, 1.165) is 25.9 Å². The predicted molar refractivity (Wildman–Crippen MR) is 189 cm³/mol. The van der Waals surface area contributed by atoms with Crippen LogP contribution in [0.3, 0.4) is 0 Å². The number of sulfonamides is 1. The summed E-state index contributed by atoms with van der Waals surface area (Å²) in [5.74, 6) is -0.345. The molecule has 15 heteroatoms. The molecule has 0 radical (unpaired) electrons. The summed E-state index contributed by atoms with van der Waals surface area (Å²) in [6, 6.07) is 17.8. The number of methoxy groups -OCH3 is 3. The van der Waals surface area contributed by atoms with Gasteiger partial charge in [0.25, 0.3) is 15.9 Å². The molecule has 2 fully saturated rings. The molecule has 0 saturated carbocycles. The maximum absolute atomic E-state index is 14.9. The maximum atomic E-state index is 14.9. The van der Waals surface area contributed by atoms with Gasteiger partial charge in [-0.05, 0) is 57.2 Å². The molecule has 49 heavy (non-hydrogen) atoms. The second kappa shape index (κ2) is 15.4. The molecule has 3 aliphatic rings. The minimum Gasteiger partial charge on any atom is -0.497 e. The standard InChI is InChI=1S/C34H40N4O8S.2ClH/c1-35-17-15-24(16-18-35)36-19-21-37(22-20-36)33(40)46-34(27-10-6-8-12-29(27)44-3)26-9-5-7-11-28(26)38(32(34)39)47(41,42)31-14-13-25(43-2)23-30(31)45-4;;/h5-14,23-24H,15-22H2,1-4H3;2*1H. The summed E-state index contributed by atoms with van der Waals surface area (Å²) in [7, 11) is 1.75. The lowest BCUT2D eigenvalue weighted by atomic mass is 9.86. The van der Waals surface area contributed by atoms with E-state index in [1.807, 2.05) is 0 Å². The molecule has 0 aliphatic carbocycles. The average Bonchev–Trinajstić information content (AvgIpc) is 3.36. The third kappa shape index (κ3) is 6.74. The van der Waals surface area contributed by atoms with Crippen molar-refractivity contribution in [1.29, 1.82) is 0 Å². The minimum atomic E-state index is -4.60. The number of ether oxygens (including phenoxy) is 4. The molecule has 0 N–H and O–H groups in total. The van der Waals surface area contributed by atoms with Crippen LogP contribution in [0.5, 0.6) is 17.2 Å². The lowest BCUT2D eigenvalue weighted by Crippen LogP contribution is -2.55. The summed E-state index contributed by atoms with van der Waals surface area (Å²) in [5.41, 5.74) is -1.71. The van der Waals surface area contributed by atoms with E-state index < -0.39 is 27.6 Å². The van der Waals surface area contributed by atoms with Crippen LogP contribution in [0.15, 0.2) is 71.6 Å². The van der Waals surface area contributed by atoms with Crippen LogP contribution in [-0.4, -0.2) is 109 Å². The minimum absolute atomic E-state index is 0. The first-order chi connectivity index (χ1) is 22.6. The Morgan fingerprint density at radius 2 is 1.39 bits per heavy atom. The van der Waals surface area contributed by atoms with Crippen molar-refractivity contribution < 1.29 is 37.0 Å². The third-order valence-corrected chi connectivity index (χ3v) is 11.1. The molecule has 1 unspecified atom stereocenters. The molecule has 0 spiro atoms. The Balaban J connectivity index is 0.00000270. The third-order valence-electron chi connectivity index (χ3n) is 9.38. The lowest BCUT2D eigenvalue weighted by molar-refractivity contribution is -0.132. The fourth-order valence-electron chi connectivity index (χ4n) is 6.82. The molecule has 1 atom stereocenters. The van der Waals surface area contributed by atoms with Crippen LogP contribution < -0.4 is 18.5 Å². The molecule has 3 aromatic carbocycles. The molecule has 0 bridgehead atoms. The first-order valence-electron chi connectivity index (χ1n) is 15.6. The highest BCUT2D eigenvalue weighted by molar-refractivity contribution is 7.93. The molecule has 266 valence electrons. The number of anilines is 1. The van der Waals surface area contributed by atoms with Gasteiger partial charge >= 0.3 is 6.09 Å². The molecule has 3 aromatic rings. The van der Waals surface area contributed by atoms with Gasteiger partial charge in [-0.2, -0.15) is 4.31 Å². The molecule has 12 nitrogen and oxygen atoms in total. The Morgan fingerprint density at radius 1 is 0.776 bits per heavy atom. The van der Waals surface area contributed by atoms with Crippen LogP contribution in [0.2, 0.25) is 0 Å². The molecule has 6 rings (SSSR count). The predicted octanol–water partition coefficient (Wildman–Crippen LogP) is 4.38. The van der Waals surface area contributed by atoms with Gasteiger partial charge in [0, 0.05) is 43.9 Å². The highest BCUT2D eigenvalue weighted by Gasteiger charge is 2.61. The fraction of sp³-hybridized carbons (Fsp3) is 0.412. The van der Waals surface area contributed by atoms with Gasteiger partial charge < -0.3 is 28.7 Å². The average molecular weight is 738 g/mol. The van der Waals surface area contributed by atoms with E-state index in [4.69, 9.17) is 18.9 Å².